The molecule has 0 unspecified atom stereocenters. The number of likely N-dealkylation sites (tertiary alicyclic amines) is 1. The number of hydrogen-bond acceptors (Lipinski definition) is 6. The van der Waals surface area contributed by atoms with E-state index in [0.717, 1.165) is 25.8 Å². The third-order valence-corrected chi connectivity index (χ3v) is 5.31. The van der Waals surface area contributed by atoms with Crippen molar-refractivity contribution in [2.45, 2.75) is 63.0 Å². The van der Waals surface area contributed by atoms with Gasteiger partial charge in [-0.1, -0.05) is 18.2 Å². The van der Waals surface area contributed by atoms with Gasteiger partial charge in [0.2, 0.25) is 11.8 Å². The minimum atomic E-state index is -0.542. The molecular weight excluding hydrogens is 356 g/mol. The third-order valence-electron chi connectivity index (χ3n) is 4.23. The van der Waals surface area contributed by atoms with Crippen molar-refractivity contribution in [2.24, 2.45) is 0 Å². The quantitative estimate of drug-likeness (QED) is 0.714. The van der Waals surface area contributed by atoms with Gasteiger partial charge in [0.25, 0.3) is 0 Å². The zero-order valence-electron chi connectivity index (χ0n) is 15.4. The number of nitrogens with one attached hydrogen (secondary N) is 2. The number of aromatic nitrogens is 3. The molecule has 2 rings (SSSR count). The summed E-state index contributed by atoms with van der Waals surface area (Å²) in [6.45, 7) is 5.48. The second-order valence-corrected chi connectivity index (χ2v) is 7.41. The molecule has 1 saturated heterocycles. The summed E-state index contributed by atoms with van der Waals surface area (Å²) in [5.74, 6) is 0.467. The van der Waals surface area contributed by atoms with Crippen molar-refractivity contribution in [3.05, 3.63) is 5.82 Å². The number of carbonyl (C=O) groups excluding carboxylic acids is 3. The zero-order chi connectivity index (χ0) is 19.1. The maximum Gasteiger partial charge on any atom is 0.321 e. The topological polar surface area (TPSA) is 109 Å². The van der Waals surface area contributed by atoms with E-state index in [9.17, 15) is 14.4 Å². The smallest absolute Gasteiger partial charge is 0.321 e. The number of carbonyl (C=O) groups is 3. The summed E-state index contributed by atoms with van der Waals surface area (Å²) >= 11 is 1.24. The van der Waals surface area contributed by atoms with Crippen LogP contribution in [0.1, 0.15) is 45.4 Å². The van der Waals surface area contributed by atoms with Gasteiger partial charge in [-0.05, 0) is 26.7 Å². The van der Waals surface area contributed by atoms with Crippen LogP contribution >= 0.6 is 11.8 Å². The van der Waals surface area contributed by atoms with E-state index in [1.165, 1.54) is 18.8 Å². The molecule has 1 fully saturated rings. The Bertz CT molecular complexity index is 662. The normalized spacial score (nSPS) is 16.1. The van der Waals surface area contributed by atoms with E-state index in [-0.39, 0.29) is 5.91 Å². The third kappa shape index (κ3) is 5.20. The Morgan fingerprint density at radius 1 is 1.27 bits per heavy atom. The van der Waals surface area contributed by atoms with Crippen LogP contribution in [0.2, 0.25) is 0 Å². The number of nitrogens with zero attached hydrogens (tertiary/aromatic N) is 4. The van der Waals surface area contributed by atoms with E-state index in [2.05, 4.69) is 20.8 Å². The van der Waals surface area contributed by atoms with Crippen molar-refractivity contribution in [3.63, 3.8) is 0 Å². The van der Waals surface area contributed by atoms with Crippen LogP contribution in [0.5, 0.6) is 0 Å². The van der Waals surface area contributed by atoms with Crippen molar-refractivity contribution in [1.29, 1.82) is 0 Å². The Morgan fingerprint density at radius 3 is 2.73 bits per heavy atom. The van der Waals surface area contributed by atoms with Gasteiger partial charge in [0, 0.05) is 26.6 Å². The molecule has 0 aromatic carbocycles. The summed E-state index contributed by atoms with van der Waals surface area (Å²) in [6, 6.07) is -0.542. The first-order chi connectivity index (χ1) is 12.5. The van der Waals surface area contributed by atoms with Crippen LogP contribution in [0.3, 0.4) is 0 Å². The molecule has 144 valence electrons. The number of imide groups is 1. The fourth-order valence-corrected chi connectivity index (χ4v) is 3.64. The van der Waals surface area contributed by atoms with E-state index in [1.54, 1.807) is 6.92 Å². The van der Waals surface area contributed by atoms with Gasteiger partial charge in [-0.25, -0.2) is 4.79 Å². The molecule has 0 spiro atoms. The lowest BCUT2D eigenvalue weighted by molar-refractivity contribution is -0.131. The number of rotatable bonds is 6. The highest BCUT2D eigenvalue weighted by Gasteiger charge is 2.23. The number of amides is 4. The fourth-order valence-electron chi connectivity index (χ4n) is 2.70. The van der Waals surface area contributed by atoms with Crippen molar-refractivity contribution in [2.75, 3.05) is 13.6 Å². The minimum absolute atomic E-state index is 0.153. The van der Waals surface area contributed by atoms with Gasteiger partial charge in [0.15, 0.2) is 11.0 Å². The lowest BCUT2D eigenvalue weighted by Crippen LogP contribution is -2.41. The standard InChI is InChI=1S/C16H26N6O3S/c1-4-22-12(10-21-9-7-5-6-8-13(21)23)19-20-16(22)26-11(2)14(24)18-15(25)17-3/h11H,4-10H2,1-3H3,(H2,17,18,24,25)/t11-/m0/s1. The highest BCUT2D eigenvalue weighted by Crippen LogP contribution is 2.23. The second kappa shape index (κ2) is 9.56. The highest BCUT2D eigenvalue weighted by atomic mass is 32.2. The number of urea groups is 1. The minimum Gasteiger partial charge on any atom is -0.341 e. The zero-order valence-corrected chi connectivity index (χ0v) is 16.3. The van der Waals surface area contributed by atoms with Gasteiger partial charge in [-0.2, -0.15) is 0 Å². The Balaban J connectivity index is 2.05. The van der Waals surface area contributed by atoms with E-state index < -0.39 is 17.2 Å². The van der Waals surface area contributed by atoms with Gasteiger partial charge in [0.1, 0.15) is 0 Å². The molecule has 0 bridgehead atoms. The molecular formula is C16H26N6O3S. The second-order valence-electron chi connectivity index (χ2n) is 6.10. The number of hydrogen-bond donors (Lipinski definition) is 2. The average molecular weight is 382 g/mol. The van der Waals surface area contributed by atoms with E-state index in [1.807, 2.05) is 16.4 Å². The monoisotopic (exact) mass is 382 g/mol. The first-order valence-electron chi connectivity index (χ1n) is 8.85. The van der Waals surface area contributed by atoms with Crippen molar-refractivity contribution >= 4 is 29.6 Å². The maximum atomic E-state index is 12.2. The summed E-state index contributed by atoms with van der Waals surface area (Å²) in [6.07, 6.45) is 3.60. The summed E-state index contributed by atoms with van der Waals surface area (Å²) in [7, 11) is 1.45. The average Bonchev–Trinajstić information content (AvgIpc) is 2.88. The van der Waals surface area contributed by atoms with E-state index in [0.29, 0.717) is 30.5 Å². The van der Waals surface area contributed by atoms with E-state index >= 15 is 0 Å². The molecule has 0 radical (unpaired) electrons. The molecule has 1 aliphatic rings. The molecule has 4 amide bonds. The van der Waals surface area contributed by atoms with Crippen LogP contribution in [-0.4, -0.2) is 56.4 Å². The van der Waals surface area contributed by atoms with Crippen molar-refractivity contribution in [3.8, 4) is 0 Å². The maximum absolute atomic E-state index is 12.2. The molecule has 2 N–H and O–H groups in total. The molecule has 1 aromatic heterocycles. The van der Waals surface area contributed by atoms with Crippen LogP contribution in [0.25, 0.3) is 0 Å². The predicted molar refractivity (Wildman–Crippen MR) is 97.5 cm³/mol. The van der Waals surface area contributed by atoms with Gasteiger partial charge >= 0.3 is 6.03 Å². The van der Waals surface area contributed by atoms with Crippen molar-refractivity contribution in [1.82, 2.24) is 30.3 Å². The van der Waals surface area contributed by atoms with E-state index in [4.69, 9.17) is 0 Å². The van der Waals surface area contributed by atoms with Gasteiger partial charge in [0.05, 0.1) is 11.8 Å². The Hall–Kier alpha value is -2.10. The van der Waals surface area contributed by atoms with Crippen LogP contribution in [0.4, 0.5) is 4.79 Å². The molecule has 2 heterocycles. The molecule has 1 atom stereocenters. The van der Waals surface area contributed by atoms with Gasteiger partial charge < -0.3 is 14.8 Å². The molecule has 1 aromatic rings. The lowest BCUT2D eigenvalue weighted by Gasteiger charge is -2.20. The first-order valence-corrected chi connectivity index (χ1v) is 9.73. The largest absolute Gasteiger partial charge is 0.341 e. The van der Waals surface area contributed by atoms with Gasteiger partial charge in [-0.15, -0.1) is 10.2 Å². The Labute approximate surface area is 157 Å². The van der Waals surface area contributed by atoms with Crippen LogP contribution in [0, 0.1) is 0 Å². The number of thioether (sulfide) groups is 1. The summed E-state index contributed by atoms with van der Waals surface area (Å²) in [5, 5.41) is 13.1. The first kappa shape index (κ1) is 20.2. The van der Waals surface area contributed by atoms with Crippen molar-refractivity contribution < 1.29 is 14.4 Å². The molecule has 10 heteroatoms. The van der Waals surface area contributed by atoms with Crippen LogP contribution < -0.4 is 10.6 Å². The molecule has 26 heavy (non-hydrogen) atoms. The molecule has 0 aliphatic carbocycles. The summed E-state index contributed by atoms with van der Waals surface area (Å²) < 4.78 is 1.91. The summed E-state index contributed by atoms with van der Waals surface area (Å²) in [4.78, 5) is 37.3. The Kier molecular flexibility index (Phi) is 7.43. The lowest BCUT2D eigenvalue weighted by atomic mass is 10.2. The highest BCUT2D eigenvalue weighted by molar-refractivity contribution is 8.00. The molecule has 1 aliphatic heterocycles. The SMILES string of the molecule is CCn1c(CN2CCCCCC2=O)nnc1S[C@@H](C)C(=O)NC(=O)NC. The van der Waals surface area contributed by atoms with Crippen LogP contribution in [-0.2, 0) is 22.7 Å². The fraction of sp³-hybridized carbons (Fsp3) is 0.688. The van der Waals surface area contributed by atoms with Crippen LogP contribution in [0.15, 0.2) is 5.16 Å². The molecule has 9 nitrogen and oxygen atoms in total. The predicted octanol–water partition coefficient (Wildman–Crippen LogP) is 1.14. The van der Waals surface area contributed by atoms with Gasteiger partial charge in [-0.3, -0.25) is 14.9 Å². The Morgan fingerprint density at radius 2 is 2.04 bits per heavy atom. The molecule has 0 saturated carbocycles. The summed E-state index contributed by atoms with van der Waals surface area (Å²) in [5.41, 5.74) is 0.